The van der Waals surface area contributed by atoms with E-state index in [1.54, 1.807) is 19.1 Å². The zero-order chi connectivity index (χ0) is 29.6. The SMILES string of the molecule is C[C@@H]1CN([C@H](C)CO)C(=O)c2cc(NC(=O)CCC(F)(F)F)ccc2O[C@@H]1CN(C)Cc1ccc(C(=O)O)cc1. The van der Waals surface area contributed by atoms with Gasteiger partial charge in [-0.15, -0.1) is 0 Å². The number of fused-ring (bicyclic) bond motifs is 1. The van der Waals surface area contributed by atoms with Crippen LogP contribution in [0.15, 0.2) is 42.5 Å². The lowest BCUT2D eigenvalue weighted by molar-refractivity contribution is -0.142. The minimum absolute atomic E-state index is 0.123. The van der Waals surface area contributed by atoms with Gasteiger partial charge in [0, 0.05) is 37.7 Å². The number of anilines is 1. The van der Waals surface area contributed by atoms with E-state index >= 15 is 0 Å². The fourth-order valence-corrected chi connectivity index (χ4v) is 4.43. The highest BCUT2D eigenvalue weighted by molar-refractivity contribution is 6.00. The number of carboxylic acid groups (broad SMARTS) is 1. The summed E-state index contributed by atoms with van der Waals surface area (Å²) in [6, 6.07) is 10.4. The van der Waals surface area contributed by atoms with E-state index in [1.165, 1.54) is 35.2 Å². The van der Waals surface area contributed by atoms with Gasteiger partial charge in [-0.1, -0.05) is 19.1 Å². The molecule has 0 fully saturated rings. The normalized spacial score (nSPS) is 18.4. The van der Waals surface area contributed by atoms with Crippen LogP contribution in [0.5, 0.6) is 5.75 Å². The molecule has 0 radical (unpaired) electrons. The summed E-state index contributed by atoms with van der Waals surface area (Å²) in [4.78, 5) is 40.2. The van der Waals surface area contributed by atoms with Gasteiger partial charge in [-0.05, 0) is 49.9 Å². The van der Waals surface area contributed by atoms with Crippen LogP contribution in [0.2, 0.25) is 0 Å². The number of hydrogen-bond donors (Lipinski definition) is 3. The molecule has 3 N–H and O–H groups in total. The third kappa shape index (κ3) is 8.43. The second kappa shape index (κ2) is 13.1. The first-order valence-electron chi connectivity index (χ1n) is 12.9. The van der Waals surface area contributed by atoms with Crippen LogP contribution >= 0.6 is 0 Å². The van der Waals surface area contributed by atoms with Crippen LogP contribution in [-0.2, 0) is 11.3 Å². The minimum Gasteiger partial charge on any atom is -0.488 e. The van der Waals surface area contributed by atoms with Crippen LogP contribution in [0.4, 0.5) is 18.9 Å². The van der Waals surface area contributed by atoms with Crippen molar-refractivity contribution in [1.29, 1.82) is 0 Å². The number of aliphatic hydroxyl groups is 1. The first-order valence-corrected chi connectivity index (χ1v) is 12.9. The highest BCUT2D eigenvalue weighted by Crippen LogP contribution is 2.31. The summed E-state index contributed by atoms with van der Waals surface area (Å²) in [6.07, 6.45) is -6.86. The average Bonchev–Trinajstić information content (AvgIpc) is 2.89. The Labute approximate surface area is 230 Å². The Bertz CT molecular complexity index is 1200. The Balaban J connectivity index is 1.82. The number of alkyl halides is 3. The molecule has 1 heterocycles. The van der Waals surface area contributed by atoms with Gasteiger partial charge in [-0.2, -0.15) is 13.2 Å². The monoisotopic (exact) mass is 565 g/mol. The second-order valence-electron chi connectivity index (χ2n) is 10.2. The number of nitrogens with one attached hydrogen (secondary N) is 1. The molecule has 2 aromatic rings. The molecule has 9 nitrogen and oxygen atoms in total. The van der Waals surface area contributed by atoms with E-state index < -0.39 is 48.9 Å². The standard InChI is InChI=1S/C28H34F3N3O6/c1-17-13-34(18(2)16-35)26(37)22-12-21(32-25(36)10-11-28(29,30)31)8-9-23(22)40-24(17)15-33(3)14-19-4-6-20(7-5-19)27(38)39/h4-9,12,17-18,24,35H,10-11,13-16H2,1-3H3,(H,32,36)(H,38,39)/t17-,18-,24-/m1/s1. The number of carbonyl (C=O) groups is 3. The molecular formula is C28H34F3N3O6. The largest absolute Gasteiger partial charge is 0.488 e. The molecule has 2 amide bonds. The number of nitrogens with zero attached hydrogens (tertiary/aromatic N) is 2. The van der Waals surface area contributed by atoms with Gasteiger partial charge >= 0.3 is 12.1 Å². The number of ether oxygens (including phenoxy) is 1. The van der Waals surface area contributed by atoms with E-state index in [2.05, 4.69) is 5.32 Å². The molecule has 0 saturated heterocycles. The van der Waals surface area contributed by atoms with Gasteiger partial charge < -0.3 is 25.2 Å². The number of hydrogen-bond acceptors (Lipinski definition) is 6. The van der Waals surface area contributed by atoms with Gasteiger partial charge in [0.25, 0.3) is 5.91 Å². The number of likely N-dealkylation sites (N-methyl/N-ethyl adjacent to an activating group) is 1. The van der Waals surface area contributed by atoms with E-state index in [-0.39, 0.29) is 41.6 Å². The van der Waals surface area contributed by atoms with Gasteiger partial charge in [0.05, 0.1) is 30.2 Å². The van der Waals surface area contributed by atoms with E-state index in [1.807, 2.05) is 18.9 Å². The summed E-state index contributed by atoms with van der Waals surface area (Å²) in [7, 11) is 1.89. The summed E-state index contributed by atoms with van der Waals surface area (Å²) < 4.78 is 43.8. The first kappa shape index (κ1) is 30.9. The van der Waals surface area contributed by atoms with Gasteiger partial charge in [0.2, 0.25) is 5.91 Å². The molecule has 1 aliphatic heterocycles. The van der Waals surface area contributed by atoms with E-state index in [9.17, 15) is 32.7 Å². The fraction of sp³-hybridized carbons (Fsp3) is 0.464. The van der Waals surface area contributed by atoms with E-state index in [0.29, 0.717) is 13.1 Å². The van der Waals surface area contributed by atoms with Crippen LogP contribution < -0.4 is 10.1 Å². The molecular weight excluding hydrogens is 531 g/mol. The molecule has 12 heteroatoms. The Morgan fingerprint density at radius 1 is 1.20 bits per heavy atom. The molecule has 218 valence electrons. The lowest BCUT2D eigenvalue weighted by Crippen LogP contribution is -2.49. The van der Waals surface area contributed by atoms with Crippen LogP contribution in [0.3, 0.4) is 0 Å². The molecule has 0 unspecified atom stereocenters. The van der Waals surface area contributed by atoms with Crippen molar-refractivity contribution in [3.05, 3.63) is 59.2 Å². The topological polar surface area (TPSA) is 119 Å². The van der Waals surface area contributed by atoms with Crippen LogP contribution in [-0.4, -0.2) is 82.9 Å². The van der Waals surface area contributed by atoms with Gasteiger partial charge in [0.15, 0.2) is 0 Å². The number of aromatic carboxylic acids is 1. The number of benzene rings is 2. The maximum atomic E-state index is 13.5. The van der Waals surface area contributed by atoms with Crippen molar-refractivity contribution in [3.63, 3.8) is 0 Å². The third-order valence-electron chi connectivity index (χ3n) is 6.73. The number of aliphatic hydroxyl groups excluding tert-OH is 1. The van der Waals surface area contributed by atoms with Crippen LogP contribution in [0, 0.1) is 5.92 Å². The minimum atomic E-state index is -4.46. The van der Waals surface area contributed by atoms with Gasteiger partial charge in [0.1, 0.15) is 11.9 Å². The van der Waals surface area contributed by atoms with Crippen molar-refractivity contribution >= 4 is 23.5 Å². The second-order valence-corrected chi connectivity index (χ2v) is 10.2. The van der Waals surface area contributed by atoms with Crippen molar-refractivity contribution in [2.75, 3.05) is 32.1 Å². The van der Waals surface area contributed by atoms with Crippen molar-refractivity contribution in [2.24, 2.45) is 5.92 Å². The summed E-state index contributed by atoms with van der Waals surface area (Å²) in [5, 5.41) is 21.3. The highest BCUT2D eigenvalue weighted by Gasteiger charge is 2.34. The number of halogens is 3. The molecule has 0 spiro atoms. The molecule has 3 rings (SSSR count). The van der Waals surface area contributed by atoms with Crippen molar-refractivity contribution < 1.29 is 42.5 Å². The lowest BCUT2D eigenvalue weighted by Gasteiger charge is -2.38. The van der Waals surface area contributed by atoms with Gasteiger partial charge in [-0.3, -0.25) is 14.5 Å². The molecule has 1 aliphatic rings. The molecule has 2 aromatic carbocycles. The van der Waals surface area contributed by atoms with Crippen molar-refractivity contribution in [3.8, 4) is 5.75 Å². The summed E-state index contributed by atoms with van der Waals surface area (Å²) in [5.41, 5.74) is 1.38. The lowest BCUT2D eigenvalue weighted by atomic mass is 9.99. The number of carbonyl (C=O) groups excluding carboxylic acids is 2. The van der Waals surface area contributed by atoms with Crippen molar-refractivity contribution in [2.45, 2.75) is 51.6 Å². The first-order chi connectivity index (χ1) is 18.8. The Kier molecular flexibility index (Phi) is 10.2. The molecule has 0 aliphatic carbocycles. The Hall–Kier alpha value is -3.64. The van der Waals surface area contributed by atoms with E-state index in [4.69, 9.17) is 9.84 Å². The molecule has 40 heavy (non-hydrogen) atoms. The maximum Gasteiger partial charge on any atom is 0.389 e. The third-order valence-corrected chi connectivity index (χ3v) is 6.73. The summed E-state index contributed by atoms with van der Waals surface area (Å²) in [6.45, 7) is 4.60. The molecule has 0 aromatic heterocycles. The number of rotatable bonds is 10. The molecule has 3 atom stereocenters. The van der Waals surface area contributed by atoms with Crippen LogP contribution in [0.1, 0.15) is 53.0 Å². The predicted molar refractivity (Wildman–Crippen MR) is 141 cm³/mol. The molecule has 0 bridgehead atoms. The summed E-state index contributed by atoms with van der Waals surface area (Å²) >= 11 is 0. The zero-order valence-electron chi connectivity index (χ0n) is 22.6. The average molecular weight is 566 g/mol. The van der Waals surface area contributed by atoms with Crippen LogP contribution in [0.25, 0.3) is 0 Å². The Morgan fingerprint density at radius 3 is 2.48 bits per heavy atom. The zero-order valence-corrected chi connectivity index (χ0v) is 22.6. The quantitative estimate of drug-likeness (QED) is 0.398. The fourth-order valence-electron chi connectivity index (χ4n) is 4.43. The maximum absolute atomic E-state index is 13.5. The van der Waals surface area contributed by atoms with Crippen molar-refractivity contribution in [1.82, 2.24) is 9.80 Å². The summed E-state index contributed by atoms with van der Waals surface area (Å²) in [5.74, 6) is -2.16. The van der Waals surface area contributed by atoms with Gasteiger partial charge in [-0.25, -0.2) is 4.79 Å². The van der Waals surface area contributed by atoms with E-state index in [0.717, 1.165) is 5.56 Å². The molecule has 0 saturated carbocycles. The Morgan fingerprint density at radius 2 is 1.88 bits per heavy atom. The number of carboxylic acids is 1. The number of amides is 2. The highest BCUT2D eigenvalue weighted by atomic mass is 19.4. The predicted octanol–water partition coefficient (Wildman–Crippen LogP) is 4.02. The smallest absolute Gasteiger partial charge is 0.389 e.